The smallest absolute Gasteiger partial charge is 0.236 e. The van der Waals surface area contributed by atoms with Crippen LogP contribution in [0, 0.1) is 0 Å². The third kappa shape index (κ3) is 3.65. The Balaban J connectivity index is 1.26. The zero-order valence-corrected chi connectivity index (χ0v) is 15.1. The quantitative estimate of drug-likeness (QED) is 0.619. The van der Waals surface area contributed by atoms with Crippen LogP contribution in [0.4, 0.5) is 5.69 Å². The number of anilines is 1. The first-order valence-corrected chi connectivity index (χ1v) is 9.81. The molecule has 0 saturated carbocycles. The number of para-hydroxylation sites is 1. The van der Waals surface area contributed by atoms with E-state index in [2.05, 4.69) is 16.2 Å². The second-order valence-electron chi connectivity index (χ2n) is 6.10. The van der Waals surface area contributed by atoms with Gasteiger partial charge in [-0.1, -0.05) is 53.7 Å². The number of aromatic nitrogens is 2. The summed E-state index contributed by atoms with van der Waals surface area (Å²) in [6, 6.07) is 17.9. The minimum atomic E-state index is 0.179. The van der Waals surface area contributed by atoms with Gasteiger partial charge in [0.25, 0.3) is 0 Å². The van der Waals surface area contributed by atoms with Crippen LogP contribution >= 0.6 is 11.8 Å². The minimum Gasteiger partial charge on any atom is -0.338 e. The average Bonchev–Trinajstić information content (AvgIpc) is 3.33. The molecule has 0 N–H and O–H groups in total. The van der Waals surface area contributed by atoms with E-state index in [0.29, 0.717) is 23.9 Å². The maximum absolute atomic E-state index is 12.5. The first-order chi connectivity index (χ1) is 12.8. The van der Waals surface area contributed by atoms with E-state index in [1.807, 2.05) is 53.4 Å². The summed E-state index contributed by atoms with van der Waals surface area (Å²) in [6.07, 6.45) is 1.46. The molecule has 1 aliphatic rings. The van der Waals surface area contributed by atoms with E-state index in [9.17, 15) is 4.79 Å². The Kier molecular flexibility index (Phi) is 5.02. The van der Waals surface area contributed by atoms with Crippen LogP contribution in [0.3, 0.4) is 0 Å². The van der Waals surface area contributed by atoms with E-state index in [-0.39, 0.29) is 5.91 Å². The van der Waals surface area contributed by atoms with E-state index in [0.717, 1.165) is 30.0 Å². The van der Waals surface area contributed by atoms with Gasteiger partial charge >= 0.3 is 0 Å². The molecule has 1 aromatic heterocycles. The largest absolute Gasteiger partial charge is 0.338 e. The van der Waals surface area contributed by atoms with Crippen LogP contribution in [0.5, 0.6) is 0 Å². The van der Waals surface area contributed by atoms with Gasteiger partial charge in [-0.25, -0.2) is 0 Å². The van der Waals surface area contributed by atoms with Crippen molar-refractivity contribution in [1.82, 2.24) is 10.1 Å². The van der Waals surface area contributed by atoms with Crippen molar-refractivity contribution in [2.45, 2.75) is 18.6 Å². The number of hydrogen-bond acceptors (Lipinski definition) is 5. The predicted molar refractivity (Wildman–Crippen MR) is 103 cm³/mol. The van der Waals surface area contributed by atoms with Crippen molar-refractivity contribution in [3.8, 4) is 11.4 Å². The zero-order chi connectivity index (χ0) is 17.8. The highest BCUT2D eigenvalue weighted by Crippen LogP contribution is 2.28. The second kappa shape index (κ2) is 7.74. The van der Waals surface area contributed by atoms with Crippen molar-refractivity contribution in [3.05, 3.63) is 66.1 Å². The topological polar surface area (TPSA) is 59.2 Å². The van der Waals surface area contributed by atoms with E-state index < -0.39 is 0 Å². The van der Waals surface area contributed by atoms with Gasteiger partial charge in [-0.3, -0.25) is 4.79 Å². The molecule has 0 fully saturated rings. The van der Waals surface area contributed by atoms with Crippen LogP contribution < -0.4 is 4.90 Å². The Morgan fingerprint density at radius 1 is 1.12 bits per heavy atom. The molecule has 0 unspecified atom stereocenters. The molecule has 4 rings (SSSR count). The normalized spacial score (nSPS) is 13.0. The highest BCUT2D eigenvalue weighted by Gasteiger charge is 2.23. The summed E-state index contributed by atoms with van der Waals surface area (Å²) in [5, 5.41) is 4.01. The maximum atomic E-state index is 12.5. The molecule has 26 heavy (non-hydrogen) atoms. The number of amides is 1. The number of benzene rings is 2. The van der Waals surface area contributed by atoms with E-state index in [4.69, 9.17) is 4.52 Å². The van der Waals surface area contributed by atoms with E-state index in [1.54, 1.807) is 11.8 Å². The molecular weight excluding hydrogens is 346 g/mol. The minimum absolute atomic E-state index is 0.179. The molecule has 0 atom stereocenters. The molecule has 1 amide bonds. The third-order valence-electron chi connectivity index (χ3n) is 4.37. The van der Waals surface area contributed by atoms with Gasteiger partial charge in [-0.15, -0.1) is 0 Å². The first kappa shape index (κ1) is 16.8. The fourth-order valence-corrected chi connectivity index (χ4v) is 3.82. The number of hydrogen-bond donors (Lipinski definition) is 0. The monoisotopic (exact) mass is 365 g/mol. The summed E-state index contributed by atoms with van der Waals surface area (Å²) >= 11 is 1.64. The average molecular weight is 365 g/mol. The molecule has 6 heteroatoms. The van der Waals surface area contributed by atoms with Gasteiger partial charge < -0.3 is 9.42 Å². The SMILES string of the molecule is O=C(CCSCc1nc(-c2ccccc2)no1)N1CCc2ccccc21. The van der Waals surface area contributed by atoms with Crippen LogP contribution in [-0.4, -0.2) is 28.3 Å². The Morgan fingerprint density at radius 2 is 1.92 bits per heavy atom. The summed E-state index contributed by atoms with van der Waals surface area (Å²) in [4.78, 5) is 18.8. The molecule has 3 aromatic rings. The molecule has 2 heterocycles. The molecule has 0 aliphatic carbocycles. The lowest BCUT2D eigenvalue weighted by Gasteiger charge is -2.16. The van der Waals surface area contributed by atoms with Crippen molar-refractivity contribution in [3.63, 3.8) is 0 Å². The molecule has 5 nitrogen and oxygen atoms in total. The van der Waals surface area contributed by atoms with Gasteiger partial charge in [0.2, 0.25) is 17.6 Å². The Hall–Kier alpha value is -2.60. The van der Waals surface area contributed by atoms with Gasteiger partial charge in [0.15, 0.2) is 0 Å². The van der Waals surface area contributed by atoms with Crippen LogP contribution in [0.15, 0.2) is 59.1 Å². The van der Waals surface area contributed by atoms with Crippen molar-refractivity contribution in [1.29, 1.82) is 0 Å². The number of fused-ring (bicyclic) bond motifs is 1. The van der Waals surface area contributed by atoms with Crippen LogP contribution in [-0.2, 0) is 17.0 Å². The Bertz CT molecular complexity index is 895. The molecule has 0 saturated heterocycles. The number of thioether (sulfide) groups is 1. The van der Waals surface area contributed by atoms with Crippen LogP contribution in [0.2, 0.25) is 0 Å². The maximum Gasteiger partial charge on any atom is 0.236 e. The molecular formula is C20H19N3O2S. The Morgan fingerprint density at radius 3 is 2.81 bits per heavy atom. The van der Waals surface area contributed by atoms with Crippen LogP contribution in [0.25, 0.3) is 11.4 Å². The fourth-order valence-electron chi connectivity index (χ4n) is 3.07. The lowest BCUT2D eigenvalue weighted by atomic mass is 10.2. The first-order valence-electron chi connectivity index (χ1n) is 8.65. The number of nitrogens with zero attached hydrogens (tertiary/aromatic N) is 3. The molecule has 132 valence electrons. The lowest BCUT2D eigenvalue weighted by Crippen LogP contribution is -2.29. The highest BCUT2D eigenvalue weighted by atomic mass is 32.2. The molecule has 0 bridgehead atoms. The summed E-state index contributed by atoms with van der Waals surface area (Å²) in [6.45, 7) is 0.785. The van der Waals surface area contributed by atoms with Crippen molar-refractivity contribution < 1.29 is 9.32 Å². The summed E-state index contributed by atoms with van der Waals surface area (Å²) in [5.74, 6) is 2.72. The predicted octanol–water partition coefficient (Wildman–Crippen LogP) is 3.95. The van der Waals surface area contributed by atoms with Gasteiger partial charge in [-0.2, -0.15) is 16.7 Å². The fraction of sp³-hybridized carbons (Fsp3) is 0.250. The molecule has 2 aromatic carbocycles. The van der Waals surface area contributed by atoms with Gasteiger partial charge in [0.1, 0.15) is 0 Å². The lowest BCUT2D eigenvalue weighted by molar-refractivity contribution is -0.118. The summed E-state index contributed by atoms with van der Waals surface area (Å²) < 4.78 is 5.30. The number of carbonyl (C=O) groups is 1. The van der Waals surface area contributed by atoms with Gasteiger partial charge in [0.05, 0.1) is 5.75 Å². The molecule has 0 spiro atoms. The summed E-state index contributed by atoms with van der Waals surface area (Å²) in [5.41, 5.74) is 3.26. The number of rotatable bonds is 6. The standard InChI is InChI=1S/C20H19N3O2S/c24-19(23-12-10-15-6-4-5-9-17(15)23)11-13-26-14-18-21-20(22-25-18)16-7-2-1-3-8-16/h1-9H,10-14H2. The molecule has 1 aliphatic heterocycles. The van der Waals surface area contributed by atoms with Crippen molar-refractivity contribution >= 4 is 23.4 Å². The van der Waals surface area contributed by atoms with E-state index in [1.165, 1.54) is 5.56 Å². The van der Waals surface area contributed by atoms with Gasteiger partial charge in [-0.05, 0) is 18.1 Å². The zero-order valence-electron chi connectivity index (χ0n) is 14.3. The highest BCUT2D eigenvalue weighted by molar-refractivity contribution is 7.98. The Labute approximate surface area is 156 Å². The van der Waals surface area contributed by atoms with E-state index >= 15 is 0 Å². The summed E-state index contributed by atoms with van der Waals surface area (Å²) in [7, 11) is 0. The second-order valence-corrected chi connectivity index (χ2v) is 7.21. The molecule has 0 radical (unpaired) electrons. The van der Waals surface area contributed by atoms with Crippen LogP contribution in [0.1, 0.15) is 17.9 Å². The van der Waals surface area contributed by atoms with Crippen molar-refractivity contribution in [2.75, 3.05) is 17.2 Å². The van der Waals surface area contributed by atoms with Gasteiger partial charge in [0, 0.05) is 30.0 Å². The van der Waals surface area contributed by atoms with Crippen molar-refractivity contribution in [2.24, 2.45) is 0 Å². The number of carbonyl (C=O) groups excluding carboxylic acids is 1. The third-order valence-corrected chi connectivity index (χ3v) is 5.32.